The van der Waals surface area contributed by atoms with Gasteiger partial charge in [-0.25, -0.2) is 13.0 Å². The molecule has 0 bridgehead atoms. The Hall–Kier alpha value is -2.82. The van der Waals surface area contributed by atoms with E-state index in [-0.39, 0.29) is 16.1 Å². The van der Waals surface area contributed by atoms with Crippen molar-refractivity contribution in [2.75, 3.05) is 6.26 Å². The van der Waals surface area contributed by atoms with Gasteiger partial charge in [0.15, 0.2) is 0 Å². The van der Waals surface area contributed by atoms with Crippen LogP contribution in [0.5, 0.6) is 0 Å². The third kappa shape index (κ3) is 4.13. The topological polar surface area (TPSA) is 68.3 Å². The lowest BCUT2D eigenvalue weighted by Gasteiger charge is -2.06. The highest BCUT2D eigenvalue weighted by Crippen LogP contribution is 2.31. The maximum atomic E-state index is 14.3. The average molecular weight is 403 g/mol. The Morgan fingerprint density at radius 1 is 1.11 bits per heavy atom. The lowest BCUT2D eigenvalue weighted by molar-refractivity contribution is -0.159. The predicted octanol–water partition coefficient (Wildman–Crippen LogP) is 4.82. The van der Waals surface area contributed by atoms with Crippen molar-refractivity contribution >= 4 is 15.4 Å². The molecule has 11 heteroatoms. The Bertz CT molecular complexity index is 1120. The largest absolute Gasteiger partial charge is 0.471 e. The molecular formula is C16H10F5N3O2S. The van der Waals surface area contributed by atoms with E-state index in [0.717, 1.165) is 24.3 Å². The van der Waals surface area contributed by atoms with Crippen molar-refractivity contribution in [2.24, 2.45) is 4.36 Å². The van der Waals surface area contributed by atoms with Gasteiger partial charge in [-0.05, 0) is 36.4 Å². The van der Waals surface area contributed by atoms with E-state index in [9.17, 15) is 26.2 Å². The molecule has 0 N–H and O–H groups in total. The zero-order valence-corrected chi connectivity index (χ0v) is 14.3. The number of rotatable bonds is 3. The van der Waals surface area contributed by atoms with Crippen LogP contribution in [0.25, 0.3) is 11.4 Å². The smallest absolute Gasteiger partial charge is 0.329 e. The number of hydrogen-bond acceptors (Lipinski definition) is 5. The summed E-state index contributed by atoms with van der Waals surface area (Å²) in [5.41, 5.74) is -0.394. The summed E-state index contributed by atoms with van der Waals surface area (Å²) in [5, 5.41) is 3.15. The molecule has 27 heavy (non-hydrogen) atoms. The first-order chi connectivity index (χ1) is 12.6. The number of halogens is 5. The van der Waals surface area contributed by atoms with Gasteiger partial charge in [-0.3, -0.25) is 0 Å². The zero-order chi connectivity index (χ0) is 19.8. The average Bonchev–Trinajstić information content (AvgIpc) is 3.07. The van der Waals surface area contributed by atoms with Crippen molar-refractivity contribution in [1.29, 1.82) is 0 Å². The van der Waals surface area contributed by atoms with Gasteiger partial charge in [0.25, 0.3) is 0 Å². The highest BCUT2D eigenvalue weighted by Gasteiger charge is 2.38. The third-order valence-corrected chi connectivity index (χ3v) is 5.05. The molecule has 0 saturated heterocycles. The normalized spacial score (nSPS) is 14.0. The van der Waals surface area contributed by atoms with Crippen molar-refractivity contribution in [2.45, 2.75) is 11.1 Å². The molecule has 1 aromatic heterocycles. The minimum atomic E-state index is -4.82. The lowest BCUT2D eigenvalue weighted by atomic mass is 10.2. The quantitative estimate of drug-likeness (QED) is 0.588. The second-order valence-corrected chi connectivity index (χ2v) is 7.70. The maximum Gasteiger partial charge on any atom is 0.471 e. The number of aromatic nitrogens is 2. The van der Waals surface area contributed by atoms with Gasteiger partial charge in [0.1, 0.15) is 17.3 Å². The molecule has 142 valence electrons. The second kappa shape index (κ2) is 6.72. The fourth-order valence-corrected chi connectivity index (χ4v) is 3.41. The van der Waals surface area contributed by atoms with Gasteiger partial charge in [0, 0.05) is 11.8 Å². The van der Waals surface area contributed by atoms with E-state index >= 15 is 0 Å². The SMILES string of the molecule is CS(=O)(=Nc1ccc(-c2noc(C(F)(F)F)n2)cc1F)c1cccc(F)c1. The standard InChI is InChI=1S/C16H10F5N3O2S/c1-27(25,11-4-2-3-10(17)8-11)24-13-6-5-9(7-12(13)18)14-22-15(26-23-14)16(19,20)21/h2-8H,1H3. The first-order valence-electron chi connectivity index (χ1n) is 7.25. The van der Waals surface area contributed by atoms with Gasteiger partial charge in [-0.15, -0.1) is 0 Å². The molecule has 5 nitrogen and oxygen atoms in total. The number of hydrogen-bond donors (Lipinski definition) is 0. The predicted molar refractivity (Wildman–Crippen MR) is 85.5 cm³/mol. The zero-order valence-electron chi connectivity index (χ0n) is 13.5. The molecule has 2 aromatic carbocycles. The summed E-state index contributed by atoms with van der Waals surface area (Å²) in [4.78, 5) is 3.22. The van der Waals surface area contributed by atoms with Crippen LogP contribution in [-0.2, 0) is 15.9 Å². The van der Waals surface area contributed by atoms with Gasteiger partial charge in [-0.1, -0.05) is 11.2 Å². The summed E-state index contributed by atoms with van der Waals surface area (Å²) in [6.07, 6.45) is -3.61. The summed E-state index contributed by atoms with van der Waals surface area (Å²) in [5.74, 6) is -3.60. The van der Waals surface area contributed by atoms with E-state index < -0.39 is 39.3 Å². The Labute approximate surface area is 150 Å². The molecule has 3 aromatic rings. The lowest BCUT2D eigenvalue weighted by Crippen LogP contribution is -2.04. The van der Waals surface area contributed by atoms with Crippen molar-refractivity contribution in [3.8, 4) is 11.4 Å². The van der Waals surface area contributed by atoms with E-state index in [1.807, 2.05) is 0 Å². The van der Waals surface area contributed by atoms with Crippen LogP contribution in [0.2, 0.25) is 0 Å². The molecule has 0 saturated carbocycles. The van der Waals surface area contributed by atoms with E-state index in [1.54, 1.807) is 0 Å². The highest BCUT2D eigenvalue weighted by molar-refractivity contribution is 7.93. The highest BCUT2D eigenvalue weighted by atomic mass is 32.2. The summed E-state index contributed by atoms with van der Waals surface area (Å²) in [6.45, 7) is 0. The van der Waals surface area contributed by atoms with Crippen molar-refractivity contribution < 1.29 is 30.7 Å². The van der Waals surface area contributed by atoms with E-state index in [1.165, 1.54) is 24.5 Å². The van der Waals surface area contributed by atoms with Crippen LogP contribution >= 0.6 is 0 Å². The van der Waals surface area contributed by atoms with E-state index in [2.05, 4.69) is 19.0 Å². The molecule has 0 amide bonds. The van der Waals surface area contributed by atoms with Crippen LogP contribution in [0.1, 0.15) is 5.89 Å². The molecule has 1 heterocycles. The van der Waals surface area contributed by atoms with Crippen molar-refractivity contribution in [3.63, 3.8) is 0 Å². The van der Waals surface area contributed by atoms with Crippen LogP contribution in [-0.4, -0.2) is 20.6 Å². The van der Waals surface area contributed by atoms with E-state index in [4.69, 9.17) is 0 Å². The van der Waals surface area contributed by atoms with Crippen molar-refractivity contribution in [1.82, 2.24) is 10.1 Å². The third-order valence-electron chi connectivity index (χ3n) is 3.38. The summed E-state index contributed by atoms with van der Waals surface area (Å²) < 4.78 is 85.7. The number of alkyl halides is 3. The Kier molecular flexibility index (Phi) is 4.72. The molecule has 1 unspecified atom stereocenters. The van der Waals surface area contributed by atoms with Crippen LogP contribution in [0.4, 0.5) is 27.6 Å². The summed E-state index contributed by atoms with van der Waals surface area (Å²) in [7, 11) is -3.15. The van der Waals surface area contributed by atoms with Crippen molar-refractivity contribution in [3.05, 3.63) is 60.0 Å². The molecule has 3 rings (SSSR count). The van der Waals surface area contributed by atoms with Crippen LogP contribution in [0.3, 0.4) is 0 Å². The Morgan fingerprint density at radius 2 is 1.85 bits per heavy atom. The molecule has 0 aliphatic rings. The monoisotopic (exact) mass is 403 g/mol. The molecule has 0 fully saturated rings. The number of nitrogens with zero attached hydrogens (tertiary/aromatic N) is 3. The Morgan fingerprint density at radius 3 is 2.44 bits per heavy atom. The fraction of sp³-hybridized carbons (Fsp3) is 0.125. The summed E-state index contributed by atoms with van der Waals surface area (Å²) in [6, 6.07) is 8.07. The summed E-state index contributed by atoms with van der Waals surface area (Å²) >= 11 is 0. The van der Waals surface area contributed by atoms with E-state index in [0.29, 0.717) is 0 Å². The maximum absolute atomic E-state index is 14.3. The number of benzene rings is 2. The molecule has 0 radical (unpaired) electrons. The van der Waals surface area contributed by atoms with Gasteiger partial charge < -0.3 is 4.52 Å². The van der Waals surface area contributed by atoms with Crippen LogP contribution in [0, 0.1) is 11.6 Å². The van der Waals surface area contributed by atoms with Gasteiger partial charge in [-0.2, -0.15) is 22.5 Å². The fourth-order valence-electron chi connectivity index (χ4n) is 2.12. The first-order valence-corrected chi connectivity index (χ1v) is 9.17. The minimum absolute atomic E-state index is 0.0685. The molecular weight excluding hydrogens is 393 g/mol. The van der Waals surface area contributed by atoms with Crippen LogP contribution < -0.4 is 0 Å². The van der Waals surface area contributed by atoms with Gasteiger partial charge in [0.05, 0.1) is 14.6 Å². The molecule has 0 spiro atoms. The molecule has 0 aliphatic carbocycles. The molecule has 1 atom stereocenters. The first kappa shape index (κ1) is 19.0. The Balaban J connectivity index is 1.98. The van der Waals surface area contributed by atoms with Gasteiger partial charge >= 0.3 is 12.1 Å². The second-order valence-electron chi connectivity index (χ2n) is 5.44. The molecule has 0 aliphatic heterocycles. The minimum Gasteiger partial charge on any atom is -0.329 e. The van der Waals surface area contributed by atoms with Crippen LogP contribution in [0.15, 0.2) is 56.2 Å². The van der Waals surface area contributed by atoms with Gasteiger partial charge in [0.2, 0.25) is 5.82 Å².